The van der Waals surface area contributed by atoms with Crippen LogP contribution in [-0.4, -0.2) is 28.6 Å². The number of carbonyl (C=O) groups excluding carboxylic acids is 1. The van der Waals surface area contributed by atoms with E-state index in [1.54, 1.807) is 0 Å². The molecule has 16 heavy (non-hydrogen) atoms. The fourth-order valence-corrected chi connectivity index (χ4v) is 1.34. The number of halogens is 1. The molecule has 0 saturated carbocycles. The van der Waals surface area contributed by atoms with E-state index >= 15 is 0 Å². The Morgan fingerprint density at radius 2 is 2.38 bits per heavy atom. The van der Waals surface area contributed by atoms with Crippen molar-refractivity contribution in [3.05, 3.63) is 29.8 Å². The van der Waals surface area contributed by atoms with Crippen molar-refractivity contribution < 1.29 is 14.3 Å². The zero-order valence-corrected chi connectivity index (χ0v) is 9.11. The van der Waals surface area contributed by atoms with Gasteiger partial charge in [0.15, 0.2) is 0 Å². The Labute approximate surface area is 93.5 Å². The van der Waals surface area contributed by atoms with Crippen LogP contribution in [0.2, 0.25) is 0 Å². The number of hydrogen-bond acceptors (Lipinski definition) is 3. The van der Waals surface area contributed by atoms with Crippen LogP contribution >= 0.6 is 0 Å². The molecule has 1 heterocycles. The van der Waals surface area contributed by atoms with Crippen molar-refractivity contribution in [2.45, 2.75) is 25.8 Å². The van der Waals surface area contributed by atoms with Gasteiger partial charge in [-0.15, -0.1) is 0 Å². The second-order valence-corrected chi connectivity index (χ2v) is 3.48. The molecule has 0 bridgehead atoms. The molecule has 1 atom stereocenters. The molecule has 0 saturated heterocycles. The van der Waals surface area contributed by atoms with Crippen molar-refractivity contribution in [2.75, 3.05) is 6.61 Å². The van der Waals surface area contributed by atoms with Crippen molar-refractivity contribution >= 4 is 5.91 Å². The minimum atomic E-state index is -0.539. The maximum absolute atomic E-state index is 12.8. The molecule has 1 aromatic rings. The second-order valence-electron chi connectivity index (χ2n) is 3.48. The van der Waals surface area contributed by atoms with Crippen molar-refractivity contribution in [1.82, 2.24) is 10.3 Å². The lowest BCUT2D eigenvalue weighted by molar-refractivity contribution is 0.0928. The van der Waals surface area contributed by atoms with Crippen LogP contribution in [0.15, 0.2) is 18.5 Å². The van der Waals surface area contributed by atoms with Gasteiger partial charge in [-0.3, -0.25) is 9.78 Å². The molecule has 0 aliphatic rings. The Kier molecular flexibility index (Phi) is 4.85. The molecule has 0 aliphatic carbocycles. The Bertz CT molecular complexity index is 358. The van der Waals surface area contributed by atoms with E-state index in [0.717, 1.165) is 18.7 Å². The smallest absolute Gasteiger partial charge is 0.253 e. The molecule has 5 heteroatoms. The van der Waals surface area contributed by atoms with Gasteiger partial charge in [-0.05, 0) is 18.9 Å². The lowest BCUT2D eigenvalue weighted by Crippen LogP contribution is -2.35. The zero-order valence-electron chi connectivity index (χ0n) is 9.11. The van der Waals surface area contributed by atoms with E-state index in [1.165, 1.54) is 6.20 Å². The van der Waals surface area contributed by atoms with Crippen LogP contribution in [0.4, 0.5) is 4.39 Å². The summed E-state index contributed by atoms with van der Waals surface area (Å²) in [6, 6.07) is 1.04. The van der Waals surface area contributed by atoms with Crippen molar-refractivity contribution in [3.8, 4) is 0 Å². The van der Waals surface area contributed by atoms with Crippen molar-refractivity contribution in [2.24, 2.45) is 0 Å². The van der Waals surface area contributed by atoms with E-state index in [1.807, 2.05) is 6.92 Å². The van der Waals surface area contributed by atoms with E-state index < -0.39 is 5.82 Å². The van der Waals surface area contributed by atoms with E-state index in [9.17, 15) is 9.18 Å². The SMILES string of the molecule is CCC(CCO)NC(=O)c1cncc(F)c1. The number of carbonyl (C=O) groups is 1. The first-order valence-electron chi connectivity index (χ1n) is 5.19. The van der Waals surface area contributed by atoms with Gasteiger partial charge in [0.05, 0.1) is 11.8 Å². The summed E-state index contributed by atoms with van der Waals surface area (Å²) in [5.74, 6) is -0.907. The van der Waals surface area contributed by atoms with Crippen molar-refractivity contribution in [3.63, 3.8) is 0 Å². The number of pyridine rings is 1. The largest absolute Gasteiger partial charge is 0.396 e. The third-order valence-electron chi connectivity index (χ3n) is 2.27. The van der Waals surface area contributed by atoms with Crippen LogP contribution in [0.5, 0.6) is 0 Å². The van der Waals surface area contributed by atoms with Gasteiger partial charge in [0.1, 0.15) is 5.82 Å². The average molecular weight is 226 g/mol. The molecule has 88 valence electrons. The minimum Gasteiger partial charge on any atom is -0.396 e. The summed E-state index contributed by atoms with van der Waals surface area (Å²) in [4.78, 5) is 15.2. The number of amides is 1. The van der Waals surface area contributed by atoms with Gasteiger partial charge in [-0.1, -0.05) is 6.92 Å². The van der Waals surface area contributed by atoms with E-state index in [-0.39, 0.29) is 24.1 Å². The summed E-state index contributed by atoms with van der Waals surface area (Å²) in [7, 11) is 0. The number of rotatable bonds is 5. The predicted octanol–water partition coefficient (Wildman–Crippen LogP) is 1.11. The first-order chi connectivity index (χ1) is 7.67. The topological polar surface area (TPSA) is 62.2 Å². The van der Waals surface area contributed by atoms with Gasteiger partial charge in [0.25, 0.3) is 5.91 Å². The molecule has 1 rings (SSSR count). The third-order valence-corrected chi connectivity index (χ3v) is 2.27. The quantitative estimate of drug-likeness (QED) is 0.790. The minimum absolute atomic E-state index is 0.0141. The molecular weight excluding hydrogens is 211 g/mol. The fraction of sp³-hybridized carbons (Fsp3) is 0.455. The summed E-state index contributed by atoms with van der Waals surface area (Å²) >= 11 is 0. The van der Waals surface area contributed by atoms with Crippen LogP contribution in [0, 0.1) is 5.82 Å². The number of aromatic nitrogens is 1. The maximum atomic E-state index is 12.8. The van der Waals surface area contributed by atoms with E-state index in [2.05, 4.69) is 10.3 Å². The van der Waals surface area contributed by atoms with Gasteiger partial charge in [-0.2, -0.15) is 0 Å². The van der Waals surface area contributed by atoms with E-state index in [0.29, 0.717) is 6.42 Å². The number of nitrogens with one attached hydrogen (secondary N) is 1. The highest BCUT2D eigenvalue weighted by Crippen LogP contribution is 2.03. The zero-order chi connectivity index (χ0) is 12.0. The Hall–Kier alpha value is -1.49. The van der Waals surface area contributed by atoms with Gasteiger partial charge >= 0.3 is 0 Å². The standard InChI is InChI=1S/C11H15FN2O2/c1-2-10(3-4-15)14-11(16)8-5-9(12)7-13-6-8/h5-7,10,15H,2-4H2,1H3,(H,14,16). The molecule has 0 aromatic carbocycles. The van der Waals surface area contributed by atoms with E-state index in [4.69, 9.17) is 5.11 Å². The molecule has 4 nitrogen and oxygen atoms in total. The normalized spacial score (nSPS) is 12.2. The summed E-state index contributed by atoms with van der Waals surface area (Å²) in [5.41, 5.74) is 0.191. The van der Waals surface area contributed by atoms with Crippen LogP contribution in [-0.2, 0) is 0 Å². The number of aliphatic hydroxyl groups is 1. The molecule has 0 spiro atoms. The number of aliphatic hydroxyl groups excluding tert-OH is 1. The highest BCUT2D eigenvalue weighted by Gasteiger charge is 2.12. The van der Waals surface area contributed by atoms with Crippen LogP contribution in [0.3, 0.4) is 0 Å². The molecular formula is C11H15FN2O2. The van der Waals surface area contributed by atoms with Gasteiger partial charge in [0.2, 0.25) is 0 Å². The lowest BCUT2D eigenvalue weighted by Gasteiger charge is -2.15. The lowest BCUT2D eigenvalue weighted by atomic mass is 10.1. The Morgan fingerprint density at radius 3 is 2.94 bits per heavy atom. The summed E-state index contributed by atoms with van der Waals surface area (Å²) < 4.78 is 12.8. The maximum Gasteiger partial charge on any atom is 0.253 e. The average Bonchev–Trinajstić information content (AvgIpc) is 2.28. The summed E-state index contributed by atoms with van der Waals surface area (Å²) in [5, 5.41) is 11.5. The van der Waals surface area contributed by atoms with Crippen LogP contribution in [0.1, 0.15) is 30.1 Å². The van der Waals surface area contributed by atoms with Gasteiger partial charge < -0.3 is 10.4 Å². The highest BCUT2D eigenvalue weighted by molar-refractivity contribution is 5.94. The predicted molar refractivity (Wildman–Crippen MR) is 57.4 cm³/mol. The molecule has 1 amide bonds. The number of nitrogens with zero attached hydrogens (tertiary/aromatic N) is 1. The van der Waals surface area contributed by atoms with Crippen molar-refractivity contribution in [1.29, 1.82) is 0 Å². The molecule has 1 unspecified atom stereocenters. The first-order valence-corrected chi connectivity index (χ1v) is 5.19. The first kappa shape index (κ1) is 12.6. The monoisotopic (exact) mass is 226 g/mol. The summed E-state index contributed by atoms with van der Waals surface area (Å²) in [6.07, 6.45) is 3.56. The molecule has 0 fully saturated rings. The van der Waals surface area contributed by atoms with Crippen LogP contribution < -0.4 is 5.32 Å². The molecule has 2 N–H and O–H groups in total. The third kappa shape index (κ3) is 3.58. The fourth-order valence-electron chi connectivity index (χ4n) is 1.34. The van der Waals surface area contributed by atoms with Crippen LogP contribution in [0.25, 0.3) is 0 Å². The Balaban J connectivity index is 2.64. The van der Waals surface area contributed by atoms with Gasteiger partial charge in [-0.25, -0.2) is 4.39 Å². The second kappa shape index (κ2) is 6.17. The molecule has 0 radical (unpaired) electrons. The number of hydrogen-bond donors (Lipinski definition) is 2. The molecule has 1 aromatic heterocycles. The summed E-state index contributed by atoms with van der Waals surface area (Å²) in [6.45, 7) is 1.92. The molecule has 0 aliphatic heterocycles. The van der Waals surface area contributed by atoms with Gasteiger partial charge in [0, 0.05) is 18.8 Å². The highest BCUT2D eigenvalue weighted by atomic mass is 19.1. The Morgan fingerprint density at radius 1 is 1.62 bits per heavy atom.